The van der Waals surface area contributed by atoms with Gasteiger partial charge in [0.25, 0.3) is 5.91 Å². The molecule has 9 heteroatoms. The highest BCUT2D eigenvalue weighted by molar-refractivity contribution is 9.10. The topological polar surface area (TPSA) is 88.1 Å². The molecule has 0 aromatic heterocycles. The normalized spacial score (nSPS) is 12.7. The fourth-order valence-corrected chi connectivity index (χ4v) is 4.68. The summed E-state index contributed by atoms with van der Waals surface area (Å²) in [6.45, 7) is 3.27. The highest BCUT2D eigenvalue weighted by atomic mass is 79.9. The minimum Gasteiger partial charge on any atom is -0.457 e. The SMILES string of the molecule is C/C(=N/NC(=O)[C@@H](C)N(c1ccc(Oc2ccccc2)cc1)S(C)(=O)=O)c1cccc(Br)c1. The van der Waals surface area contributed by atoms with Crippen molar-refractivity contribution in [2.24, 2.45) is 5.10 Å². The van der Waals surface area contributed by atoms with E-state index in [0.29, 0.717) is 22.9 Å². The molecular weight excluding hydrogens is 506 g/mol. The number of carbonyl (C=O) groups is 1. The van der Waals surface area contributed by atoms with Gasteiger partial charge in [0.1, 0.15) is 17.5 Å². The molecule has 0 bridgehead atoms. The van der Waals surface area contributed by atoms with E-state index in [1.807, 2.05) is 54.6 Å². The summed E-state index contributed by atoms with van der Waals surface area (Å²) in [4.78, 5) is 12.8. The van der Waals surface area contributed by atoms with Crippen LogP contribution in [0.15, 0.2) is 88.4 Å². The zero-order valence-corrected chi connectivity index (χ0v) is 20.8. The van der Waals surface area contributed by atoms with Crippen molar-refractivity contribution in [3.8, 4) is 11.5 Å². The first-order valence-corrected chi connectivity index (χ1v) is 12.7. The monoisotopic (exact) mass is 529 g/mol. The van der Waals surface area contributed by atoms with Crippen LogP contribution in [0, 0.1) is 0 Å². The maximum atomic E-state index is 12.8. The molecule has 3 aromatic carbocycles. The summed E-state index contributed by atoms with van der Waals surface area (Å²) < 4.78 is 32.7. The van der Waals surface area contributed by atoms with Gasteiger partial charge in [-0.15, -0.1) is 0 Å². The number of halogens is 1. The number of ether oxygens (including phenoxy) is 1. The number of hydrazone groups is 1. The first-order valence-electron chi connectivity index (χ1n) is 10.1. The van der Waals surface area contributed by atoms with Crippen LogP contribution in [0.3, 0.4) is 0 Å². The molecule has 0 aliphatic carbocycles. The molecule has 33 heavy (non-hydrogen) atoms. The van der Waals surface area contributed by atoms with Crippen molar-refractivity contribution in [3.05, 3.63) is 88.9 Å². The van der Waals surface area contributed by atoms with E-state index in [1.54, 1.807) is 31.2 Å². The van der Waals surface area contributed by atoms with Crippen LogP contribution in [0.4, 0.5) is 5.69 Å². The van der Waals surface area contributed by atoms with Crippen LogP contribution in [-0.4, -0.2) is 32.3 Å². The molecular formula is C24H24BrN3O4S. The largest absolute Gasteiger partial charge is 0.457 e. The summed E-state index contributed by atoms with van der Waals surface area (Å²) in [6.07, 6.45) is 1.06. The Balaban J connectivity index is 1.76. The van der Waals surface area contributed by atoms with Gasteiger partial charge in [-0.2, -0.15) is 5.10 Å². The average Bonchev–Trinajstić information content (AvgIpc) is 2.78. The summed E-state index contributed by atoms with van der Waals surface area (Å²) in [5.41, 5.74) is 4.22. The molecule has 3 aromatic rings. The van der Waals surface area contributed by atoms with Crippen molar-refractivity contribution < 1.29 is 17.9 Å². The summed E-state index contributed by atoms with van der Waals surface area (Å²) in [5, 5.41) is 4.13. The summed E-state index contributed by atoms with van der Waals surface area (Å²) in [5.74, 6) is 0.653. The summed E-state index contributed by atoms with van der Waals surface area (Å²) >= 11 is 3.40. The number of anilines is 1. The number of para-hydroxylation sites is 1. The van der Waals surface area contributed by atoms with E-state index in [4.69, 9.17) is 4.74 Å². The number of carbonyl (C=O) groups excluding carboxylic acids is 1. The third kappa shape index (κ3) is 6.66. The van der Waals surface area contributed by atoms with Crippen molar-refractivity contribution in [1.82, 2.24) is 5.43 Å². The van der Waals surface area contributed by atoms with Gasteiger partial charge in [0.05, 0.1) is 17.7 Å². The lowest BCUT2D eigenvalue weighted by Gasteiger charge is -2.27. The molecule has 0 aliphatic rings. The van der Waals surface area contributed by atoms with Gasteiger partial charge in [-0.25, -0.2) is 13.8 Å². The Labute approximate surface area is 202 Å². The molecule has 172 valence electrons. The van der Waals surface area contributed by atoms with Gasteiger partial charge in [0.2, 0.25) is 10.0 Å². The van der Waals surface area contributed by atoms with E-state index >= 15 is 0 Å². The lowest BCUT2D eigenvalue weighted by molar-refractivity contribution is -0.121. The minimum absolute atomic E-state index is 0.341. The minimum atomic E-state index is -3.75. The average molecular weight is 530 g/mol. The summed E-state index contributed by atoms with van der Waals surface area (Å²) in [6, 6.07) is 22.2. The number of amides is 1. The molecule has 0 spiro atoms. The molecule has 1 atom stereocenters. The van der Waals surface area contributed by atoms with Crippen molar-refractivity contribution in [3.63, 3.8) is 0 Å². The fraction of sp³-hybridized carbons (Fsp3) is 0.167. The smallest absolute Gasteiger partial charge is 0.263 e. The fourth-order valence-electron chi connectivity index (χ4n) is 3.10. The maximum absolute atomic E-state index is 12.8. The zero-order chi connectivity index (χ0) is 24.0. The lowest BCUT2D eigenvalue weighted by atomic mass is 10.1. The van der Waals surface area contributed by atoms with Crippen LogP contribution in [0.25, 0.3) is 0 Å². The Kier molecular flexibility index (Phi) is 7.88. The molecule has 0 radical (unpaired) electrons. The predicted molar refractivity (Wildman–Crippen MR) is 134 cm³/mol. The second-order valence-corrected chi connectivity index (χ2v) is 10.1. The molecule has 0 saturated heterocycles. The van der Waals surface area contributed by atoms with Crippen molar-refractivity contribution in [2.45, 2.75) is 19.9 Å². The summed E-state index contributed by atoms with van der Waals surface area (Å²) in [7, 11) is -3.75. The molecule has 0 heterocycles. The molecule has 7 nitrogen and oxygen atoms in total. The Morgan fingerprint density at radius 1 is 1.00 bits per heavy atom. The van der Waals surface area contributed by atoms with Gasteiger partial charge >= 0.3 is 0 Å². The standard InChI is InChI=1S/C24H24BrN3O4S/c1-17(19-8-7-9-20(25)16-19)26-27-24(29)18(2)28(33(3,30)31)21-12-14-23(15-13-21)32-22-10-5-4-6-11-22/h4-16,18H,1-3H3,(H,27,29)/b26-17-/t18-/m1/s1. The number of nitrogens with one attached hydrogen (secondary N) is 1. The quantitative estimate of drug-likeness (QED) is 0.330. The molecule has 3 rings (SSSR count). The van der Waals surface area contributed by atoms with Gasteiger partial charge in [-0.1, -0.05) is 46.3 Å². The number of sulfonamides is 1. The Bertz CT molecular complexity index is 1250. The van der Waals surface area contributed by atoms with Crippen molar-refractivity contribution >= 4 is 43.3 Å². The van der Waals surface area contributed by atoms with Gasteiger partial charge in [0.15, 0.2) is 0 Å². The molecule has 0 unspecified atom stereocenters. The van der Waals surface area contributed by atoms with E-state index in [1.165, 1.54) is 6.92 Å². The highest BCUT2D eigenvalue weighted by Gasteiger charge is 2.29. The number of hydrogen-bond donors (Lipinski definition) is 1. The van der Waals surface area contributed by atoms with Crippen LogP contribution in [0.5, 0.6) is 11.5 Å². The van der Waals surface area contributed by atoms with Crippen molar-refractivity contribution in [1.29, 1.82) is 0 Å². The maximum Gasteiger partial charge on any atom is 0.263 e. The first-order chi connectivity index (χ1) is 15.6. The van der Waals surface area contributed by atoms with Gasteiger partial charge in [0, 0.05) is 4.47 Å². The van der Waals surface area contributed by atoms with Crippen LogP contribution in [0.2, 0.25) is 0 Å². The Morgan fingerprint density at radius 2 is 1.64 bits per heavy atom. The molecule has 0 saturated carbocycles. The molecule has 1 N–H and O–H groups in total. The van der Waals surface area contributed by atoms with Gasteiger partial charge in [-0.3, -0.25) is 9.10 Å². The van der Waals surface area contributed by atoms with E-state index in [0.717, 1.165) is 20.6 Å². The second kappa shape index (κ2) is 10.6. The molecule has 0 aliphatic heterocycles. The van der Waals surface area contributed by atoms with E-state index in [2.05, 4.69) is 26.5 Å². The van der Waals surface area contributed by atoms with Crippen LogP contribution in [-0.2, 0) is 14.8 Å². The zero-order valence-electron chi connectivity index (χ0n) is 18.4. The molecule has 0 fully saturated rings. The first kappa shape index (κ1) is 24.5. The van der Waals surface area contributed by atoms with Crippen LogP contribution in [0.1, 0.15) is 19.4 Å². The van der Waals surface area contributed by atoms with Crippen molar-refractivity contribution in [2.75, 3.05) is 10.6 Å². The molecule has 1 amide bonds. The predicted octanol–water partition coefficient (Wildman–Crippen LogP) is 4.94. The van der Waals surface area contributed by atoms with Gasteiger partial charge < -0.3 is 4.74 Å². The number of hydrogen-bond acceptors (Lipinski definition) is 5. The Morgan fingerprint density at radius 3 is 2.24 bits per heavy atom. The number of rotatable bonds is 8. The number of nitrogens with zero attached hydrogens (tertiary/aromatic N) is 2. The van der Waals surface area contributed by atoms with E-state index in [9.17, 15) is 13.2 Å². The van der Waals surface area contributed by atoms with Crippen LogP contribution >= 0.6 is 15.9 Å². The van der Waals surface area contributed by atoms with Gasteiger partial charge in [-0.05, 0) is 67.9 Å². The number of benzene rings is 3. The van der Waals surface area contributed by atoms with E-state index < -0.39 is 22.0 Å². The van der Waals surface area contributed by atoms with E-state index in [-0.39, 0.29) is 0 Å². The lowest BCUT2D eigenvalue weighted by Crippen LogP contribution is -2.46. The third-order valence-electron chi connectivity index (χ3n) is 4.73. The Hall–Kier alpha value is -3.17. The third-order valence-corrected chi connectivity index (χ3v) is 6.47. The second-order valence-electron chi connectivity index (χ2n) is 7.33. The van der Waals surface area contributed by atoms with Crippen LogP contribution < -0.4 is 14.5 Å². The highest BCUT2D eigenvalue weighted by Crippen LogP contribution is 2.27.